The minimum atomic E-state index is 0.119. The highest BCUT2D eigenvalue weighted by atomic mass is 16.5. The van der Waals surface area contributed by atoms with Gasteiger partial charge >= 0.3 is 0 Å². The Bertz CT molecular complexity index is 454. The predicted molar refractivity (Wildman–Crippen MR) is 73.2 cm³/mol. The Morgan fingerprint density at radius 2 is 2.16 bits per heavy atom. The van der Waals surface area contributed by atoms with Crippen molar-refractivity contribution < 1.29 is 9.53 Å². The van der Waals surface area contributed by atoms with Gasteiger partial charge in [-0.2, -0.15) is 0 Å². The van der Waals surface area contributed by atoms with E-state index in [4.69, 9.17) is 4.74 Å². The van der Waals surface area contributed by atoms with Crippen LogP contribution in [0.25, 0.3) is 0 Å². The summed E-state index contributed by atoms with van der Waals surface area (Å²) < 4.78 is 5.31. The van der Waals surface area contributed by atoms with Crippen LogP contribution in [0.5, 0.6) is 0 Å². The molecule has 102 valence electrons. The Morgan fingerprint density at radius 3 is 2.74 bits per heavy atom. The van der Waals surface area contributed by atoms with Crippen LogP contribution in [0.4, 0.5) is 11.5 Å². The van der Waals surface area contributed by atoms with Crippen molar-refractivity contribution in [3.8, 4) is 0 Å². The van der Waals surface area contributed by atoms with E-state index in [1.807, 2.05) is 12.1 Å². The van der Waals surface area contributed by atoms with Crippen molar-refractivity contribution in [3.05, 3.63) is 18.3 Å². The first-order valence-corrected chi connectivity index (χ1v) is 6.83. The number of anilines is 2. The Hall–Kier alpha value is -1.62. The zero-order chi connectivity index (χ0) is 13.2. The van der Waals surface area contributed by atoms with Gasteiger partial charge in [0, 0.05) is 19.0 Å². The molecule has 1 amide bonds. The number of hydrogen-bond donors (Lipinski definition) is 1. The van der Waals surface area contributed by atoms with E-state index in [0.29, 0.717) is 5.92 Å². The van der Waals surface area contributed by atoms with E-state index in [1.54, 1.807) is 6.20 Å². The first-order valence-electron chi connectivity index (χ1n) is 6.83. The highest BCUT2D eigenvalue weighted by Crippen LogP contribution is 2.38. The fraction of sp³-hybridized carbons (Fsp3) is 0.571. The lowest BCUT2D eigenvalue weighted by Crippen LogP contribution is -2.36. The fourth-order valence-electron chi connectivity index (χ4n) is 2.36. The molecule has 1 aromatic rings. The third kappa shape index (κ3) is 2.87. The number of carbonyl (C=O) groups is 1. The third-order valence-corrected chi connectivity index (χ3v) is 3.80. The Kier molecular flexibility index (Phi) is 3.38. The smallest absolute Gasteiger partial charge is 0.227 e. The predicted octanol–water partition coefficient (Wildman–Crippen LogP) is 1.51. The van der Waals surface area contributed by atoms with Gasteiger partial charge < -0.3 is 15.0 Å². The van der Waals surface area contributed by atoms with Crippen LogP contribution in [0.15, 0.2) is 18.3 Å². The molecule has 1 aliphatic heterocycles. The second-order valence-electron chi connectivity index (χ2n) is 5.31. The molecule has 2 fully saturated rings. The molecule has 1 aromatic heterocycles. The maximum Gasteiger partial charge on any atom is 0.227 e. The van der Waals surface area contributed by atoms with Gasteiger partial charge in [-0.3, -0.25) is 4.79 Å². The lowest BCUT2D eigenvalue weighted by atomic mass is 10.3. The van der Waals surface area contributed by atoms with E-state index in [-0.39, 0.29) is 11.8 Å². The molecule has 0 spiro atoms. The molecule has 5 nitrogen and oxygen atoms in total. The van der Waals surface area contributed by atoms with Gasteiger partial charge in [0.2, 0.25) is 5.91 Å². The number of hydrogen-bond acceptors (Lipinski definition) is 4. The van der Waals surface area contributed by atoms with E-state index in [9.17, 15) is 4.79 Å². The number of nitrogens with zero attached hydrogens (tertiary/aromatic N) is 2. The fourth-order valence-corrected chi connectivity index (χ4v) is 2.36. The summed E-state index contributed by atoms with van der Waals surface area (Å²) in [4.78, 5) is 18.4. The number of nitrogens with one attached hydrogen (secondary N) is 1. The average Bonchev–Trinajstić information content (AvgIpc) is 3.18. The van der Waals surface area contributed by atoms with Crippen molar-refractivity contribution in [2.24, 2.45) is 11.8 Å². The van der Waals surface area contributed by atoms with Gasteiger partial charge in [-0.1, -0.05) is 6.92 Å². The molecule has 0 bridgehead atoms. The molecule has 1 aliphatic carbocycles. The van der Waals surface area contributed by atoms with Crippen LogP contribution in [-0.2, 0) is 9.53 Å². The molecule has 19 heavy (non-hydrogen) atoms. The number of ether oxygens (including phenoxy) is 1. The van der Waals surface area contributed by atoms with Crippen molar-refractivity contribution in [3.63, 3.8) is 0 Å². The molecule has 1 saturated heterocycles. The van der Waals surface area contributed by atoms with E-state index < -0.39 is 0 Å². The molecule has 1 N–H and O–H groups in total. The molecule has 3 rings (SSSR count). The topological polar surface area (TPSA) is 54.5 Å². The van der Waals surface area contributed by atoms with Crippen molar-refractivity contribution in [1.29, 1.82) is 0 Å². The molecule has 2 atom stereocenters. The summed E-state index contributed by atoms with van der Waals surface area (Å²) in [6.45, 7) is 5.35. The van der Waals surface area contributed by atoms with Gasteiger partial charge in [-0.15, -0.1) is 0 Å². The van der Waals surface area contributed by atoms with Gasteiger partial charge in [0.05, 0.1) is 25.1 Å². The van der Waals surface area contributed by atoms with Gasteiger partial charge in [0.1, 0.15) is 5.82 Å². The van der Waals surface area contributed by atoms with Gasteiger partial charge in [0.15, 0.2) is 0 Å². The van der Waals surface area contributed by atoms with Crippen LogP contribution < -0.4 is 10.2 Å². The molecule has 0 radical (unpaired) electrons. The molecule has 1 saturated carbocycles. The quantitative estimate of drug-likeness (QED) is 0.896. The molecule has 0 aromatic carbocycles. The van der Waals surface area contributed by atoms with Crippen LogP contribution in [0, 0.1) is 11.8 Å². The Labute approximate surface area is 113 Å². The van der Waals surface area contributed by atoms with Crippen LogP contribution in [0.3, 0.4) is 0 Å². The highest BCUT2D eigenvalue weighted by molar-refractivity contribution is 5.94. The van der Waals surface area contributed by atoms with Crippen LogP contribution in [0.1, 0.15) is 13.3 Å². The monoisotopic (exact) mass is 261 g/mol. The highest BCUT2D eigenvalue weighted by Gasteiger charge is 2.39. The largest absolute Gasteiger partial charge is 0.378 e. The lowest BCUT2D eigenvalue weighted by molar-refractivity contribution is -0.117. The second-order valence-corrected chi connectivity index (χ2v) is 5.31. The number of morpholine rings is 1. The molecule has 2 heterocycles. The van der Waals surface area contributed by atoms with Crippen molar-refractivity contribution in [2.75, 3.05) is 36.5 Å². The lowest BCUT2D eigenvalue weighted by Gasteiger charge is -2.27. The summed E-state index contributed by atoms with van der Waals surface area (Å²) in [6, 6.07) is 3.88. The standard InChI is InChI=1S/C14H19N3O2/c1-10-8-12(10)14(18)16-11-2-3-13(15-9-11)17-4-6-19-7-5-17/h2-3,9-10,12H,4-8H2,1H3,(H,16,18)/t10-,12-/m1/s1. The van der Waals surface area contributed by atoms with Crippen molar-refractivity contribution in [2.45, 2.75) is 13.3 Å². The molecular formula is C14H19N3O2. The van der Waals surface area contributed by atoms with Crippen LogP contribution in [0.2, 0.25) is 0 Å². The number of carbonyl (C=O) groups excluding carboxylic acids is 1. The summed E-state index contributed by atoms with van der Waals surface area (Å²) in [7, 11) is 0. The molecular weight excluding hydrogens is 242 g/mol. The number of amides is 1. The van der Waals surface area contributed by atoms with Crippen LogP contribution >= 0.6 is 0 Å². The van der Waals surface area contributed by atoms with Gasteiger partial charge in [0.25, 0.3) is 0 Å². The molecule has 5 heteroatoms. The van der Waals surface area contributed by atoms with Crippen molar-refractivity contribution in [1.82, 2.24) is 4.98 Å². The summed E-state index contributed by atoms with van der Waals surface area (Å²) in [5.74, 6) is 1.79. The normalized spacial score (nSPS) is 26.1. The second kappa shape index (κ2) is 5.17. The number of pyridine rings is 1. The Balaban J connectivity index is 1.60. The summed E-state index contributed by atoms with van der Waals surface area (Å²) in [6.07, 6.45) is 2.74. The summed E-state index contributed by atoms with van der Waals surface area (Å²) >= 11 is 0. The Morgan fingerprint density at radius 1 is 1.42 bits per heavy atom. The summed E-state index contributed by atoms with van der Waals surface area (Å²) in [5, 5.41) is 2.92. The third-order valence-electron chi connectivity index (χ3n) is 3.80. The first kappa shape index (κ1) is 12.4. The summed E-state index contributed by atoms with van der Waals surface area (Å²) in [5.41, 5.74) is 0.779. The number of aromatic nitrogens is 1. The van der Waals surface area contributed by atoms with E-state index >= 15 is 0 Å². The average molecular weight is 261 g/mol. The maximum absolute atomic E-state index is 11.8. The van der Waals surface area contributed by atoms with E-state index in [2.05, 4.69) is 22.1 Å². The number of rotatable bonds is 3. The zero-order valence-electron chi connectivity index (χ0n) is 11.1. The molecule has 0 unspecified atom stereocenters. The maximum atomic E-state index is 11.8. The minimum Gasteiger partial charge on any atom is -0.378 e. The van der Waals surface area contributed by atoms with E-state index in [0.717, 1.165) is 44.2 Å². The molecule has 2 aliphatic rings. The van der Waals surface area contributed by atoms with Gasteiger partial charge in [-0.05, 0) is 24.5 Å². The van der Waals surface area contributed by atoms with Crippen molar-refractivity contribution >= 4 is 17.4 Å². The zero-order valence-corrected chi connectivity index (χ0v) is 11.1. The minimum absolute atomic E-state index is 0.119. The first-order chi connectivity index (χ1) is 9.24. The van der Waals surface area contributed by atoms with Gasteiger partial charge in [-0.25, -0.2) is 4.98 Å². The SMILES string of the molecule is C[C@@H]1C[C@H]1C(=O)Nc1ccc(N2CCOCC2)nc1. The van der Waals surface area contributed by atoms with Crippen LogP contribution in [-0.4, -0.2) is 37.2 Å². The van der Waals surface area contributed by atoms with E-state index in [1.165, 1.54) is 0 Å².